The third-order valence-electron chi connectivity index (χ3n) is 2.61. The number of aliphatic hydroxyl groups excluding tert-OH is 1. The van der Waals surface area contributed by atoms with Crippen molar-refractivity contribution in [3.05, 3.63) is 35.4 Å². The molecule has 0 saturated heterocycles. The molecule has 1 aliphatic carbocycles. The summed E-state index contributed by atoms with van der Waals surface area (Å²) in [6, 6.07) is 6.60. The summed E-state index contributed by atoms with van der Waals surface area (Å²) < 4.78 is 0. The molecule has 14 heavy (non-hydrogen) atoms. The number of rotatable bonds is 0. The summed E-state index contributed by atoms with van der Waals surface area (Å²) in [7, 11) is 0. The molecule has 1 aromatic carbocycles. The van der Waals surface area contributed by atoms with Gasteiger partial charge in [-0.15, -0.1) is 0 Å². The molecule has 1 aromatic rings. The van der Waals surface area contributed by atoms with Gasteiger partial charge in [0.2, 0.25) is 0 Å². The van der Waals surface area contributed by atoms with Crippen molar-refractivity contribution >= 4 is 11.6 Å². The van der Waals surface area contributed by atoms with E-state index in [1.54, 1.807) is 31.2 Å². The van der Waals surface area contributed by atoms with E-state index in [9.17, 15) is 14.7 Å². The molecule has 0 aromatic heterocycles. The van der Waals surface area contributed by atoms with Crippen LogP contribution in [0.3, 0.4) is 0 Å². The van der Waals surface area contributed by atoms with Crippen LogP contribution in [-0.2, 0) is 0 Å². The summed E-state index contributed by atoms with van der Waals surface area (Å²) in [4.78, 5) is 23.2. The third kappa shape index (κ3) is 1.09. The Balaban J connectivity index is 2.62. The van der Waals surface area contributed by atoms with E-state index >= 15 is 0 Å². The highest BCUT2D eigenvalue weighted by Gasteiger charge is 2.36. The van der Waals surface area contributed by atoms with E-state index in [-0.39, 0.29) is 11.6 Å². The van der Waals surface area contributed by atoms with Crippen LogP contribution in [0.2, 0.25) is 0 Å². The van der Waals surface area contributed by atoms with Gasteiger partial charge in [0.1, 0.15) is 6.10 Å². The van der Waals surface area contributed by atoms with Gasteiger partial charge in [0.25, 0.3) is 0 Å². The number of hydrogen-bond donors (Lipinski definition) is 1. The van der Waals surface area contributed by atoms with E-state index in [2.05, 4.69) is 0 Å². The highest BCUT2D eigenvalue weighted by molar-refractivity contribution is 6.16. The first kappa shape index (κ1) is 9.09. The molecule has 0 bridgehead atoms. The van der Waals surface area contributed by atoms with E-state index in [1.807, 2.05) is 0 Å². The minimum absolute atomic E-state index is 0.160. The summed E-state index contributed by atoms with van der Waals surface area (Å²) in [6.45, 7) is 1.57. The molecule has 3 nitrogen and oxygen atoms in total. The summed E-state index contributed by atoms with van der Waals surface area (Å²) >= 11 is 0. The zero-order valence-corrected chi connectivity index (χ0v) is 7.73. The highest BCUT2D eigenvalue weighted by atomic mass is 16.3. The Hall–Kier alpha value is -1.48. The van der Waals surface area contributed by atoms with Crippen LogP contribution < -0.4 is 0 Å². The monoisotopic (exact) mass is 190 g/mol. The van der Waals surface area contributed by atoms with Crippen LogP contribution in [0, 0.1) is 5.92 Å². The molecule has 2 rings (SSSR count). The van der Waals surface area contributed by atoms with Gasteiger partial charge >= 0.3 is 0 Å². The number of ketones is 2. The Morgan fingerprint density at radius 1 is 1.07 bits per heavy atom. The smallest absolute Gasteiger partial charge is 0.192 e. The van der Waals surface area contributed by atoms with Crippen molar-refractivity contribution in [1.29, 1.82) is 0 Å². The van der Waals surface area contributed by atoms with Gasteiger partial charge in [0, 0.05) is 11.1 Å². The van der Waals surface area contributed by atoms with Crippen LogP contribution in [0.4, 0.5) is 0 Å². The van der Waals surface area contributed by atoms with E-state index in [4.69, 9.17) is 0 Å². The molecule has 0 aliphatic heterocycles. The second-order valence-corrected chi connectivity index (χ2v) is 3.51. The molecule has 0 fully saturated rings. The molecular formula is C11H10O3. The number of carbonyl (C=O) groups excluding carboxylic acids is 2. The minimum Gasteiger partial charge on any atom is -0.384 e. The molecule has 72 valence electrons. The first-order valence-electron chi connectivity index (χ1n) is 4.48. The van der Waals surface area contributed by atoms with Crippen molar-refractivity contribution in [3.63, 3.8) is 0 Å². The van der Waals surface area contributed by atoms with Crippen molar-refractivity contribution in [2.45, 2.75) is 13.0 Å². The van der Waals surface area contributed by atoms with Gasteiger partial charge in [0.05, 0.1) is 5.92 Å². The maximum atomic E-state index is 11.7. The fourth-order valence-corrected chi connectivity index (χ4v) is 1.69. The molecule has 0 amide bonds. The standard InChI is InChI=1S/C11H10O3/c1-6-9(12)7-4-2-3-5-8(7)11(14)10(6)13/h2-6,10,13H,1H3. The third-order valence-corrected chi connectivity index (χ3v) is 2.61. The molecule has 1 N–H and O–H groups in total. The lowest BCUT2D eigenvalue weighted by molar-refractivity contribution is 0.0527. The van der Waals surface area contributed by atoms with E-state index in [0.29, 0.717) is 11.1 Å². The van der Waals surface area contributed by atoms with Gasteiger partial charge in [0.15, 0.2) is 11.6 Å². The predicted molar refractivity (Wildman–Crippen MR) is 50.3 cm³/mol. The zero-order valence-electron chi connectivity index (χ0n) is 7.73. The number of aliphatic hydroxyl groups is 1. The van der Waals surface area contributed by atoms with Gasteiger partial charge in [-0.05, 0) is 0 Å². The summed E-state index contributed by atoms with van der Waals surface area (Å²) in [5.74, 6) is -1.14. The van der Waals surface area contributed by atoms with Crippen LogP contribution in [0.25, 0.3) is 0 Å². The molecule has 2 unspecified atom stereocenters. The Labute approximate surface area is 81.4 Å². The van der Waals surface area contributed by atoms with Crippen molar-refractivity contribution in [1.82, 2.24) is 0 Å². The van der Waals surface area contributed by atoms with Gasteiger partial charge < -0.3 is 5.11 Å². The van der Waals surface area contributed by atoms with Crippen LogP contribution in [0.5, 0.6) is 0 Å². The average molecular weight is 190 g/mol. The molecule has 0 spiro atoms. The Morgan fingerprint density at radius 3 is 2.14 bits per heavy atom. The first-order chi connectivity index (χ1) is 6.63. The SMILES string of the molecule is CC1C(=O)c2ccccc2C(=O)C1O. The Kier molecular flexibility index (Phi) is 1.97. The normalized spacial score (nSPS) is 26.1. The number of carbonyl (C=O) groups is 2. The topological polar surface area (TPSA) is 54.4 Å². The molecule has 0 heterocycles. The van der Waals surface area contributed by atoms with Gasteiger partial charge in [-0.2, -0.15) is 0 Å². The molecule has 1 aliphatic rings. The fraction of sp³-hybridized carbons (Fsp3) is 0.273. The quantitative estimate of drug-likeness (QED) is 0.665. The molecular weight excluding hydrogens is 180 g/mol. The van der Waals surface area contributed by atoms with Crippen molar-refractivity contribution in [2.75, 3.05) is 0 Å². The Bertz CT molecular complexity index is 370. The summed E-state index contributed by atoms with van der Waals surface area (Å²) in [6.07, 6.45) is -1.18. The maximum Gasteiger partial charge on any atom is 0.192 e. The fourth-order valence-electron chi connectivity index (χ4n) is 1.69. The lowest BCUT2D eigenvalue weighted by Gasteiger charge is -2.23. The molecule has 2 atom stereocenters. The lowest BCUT2D eigenvalue weighted by Crippen LogP contribution is -2.39. The summed E-state index contributed by atoms with van der Waals surface area (Å²) in [5, 5.41) is 9.49. The predicted octanol–water partition coefficient (Wildman–Crippen LogP) is 1.06. The maximum absolute atomic E-state index is 11.7. The van der Waals surface area contributed by atoms with Crippen LogP contribution in [0.1, 0.15) is 27.6 Å². The van der Waals surface area contributed by atoms with Crippen molar-refractivity contribution in [2.24, 2.45) is 5.92 Å². The molecule has 0 radical (unpaired) electrons. The minimum atomic E-state index is -1.18. The van der Waals surface area contributed by atoms with E-state index in [0.717, 1.165) is 0 Å². The number of hydrogen-bond acceptors (Lipinski definition) is 3. The van der Waals surface area contributed by atoms with Crippen molar-refractivity contribution < 1.29 is 14.7 Å². The van der Waals surface area contributed by atoms with Gasteiger partial charge in [-0.25, -0.2) is 0 Å². The lowest BCUT2D eigenvalue weighted by atomic mass is 9.81. The van der Waals surface area contributed by atoms with E-state index < -0.39 is 12.0 Å². The largest absolute Gasteiger partial charge is 0.384 e. The Morgan fingerprint density at radius 2 is 1.57 bits per heavy atom. The number of Topliss-reactive ketones (excluding diaryl/α,β-unsaturated/α-hetero) is 2. The second-order valence-electron chi connectivity index (χ2n) is 3.51. The number of benzene rings is 1. The number of fused-ring (bicyclic) bond motifs is 1. The highest BCUT2D eigenvalue weighted by Crippen LogP contribution is 2.25. The molecule has 0 saturated carbocycles. The van der Waals surface area contributed by atoms with Crippen molar-refractivity contribution in [3.8, 4) is 0 Å². The molecule has 3 heteroatoms. The second kappa shape index (κ2) is 3.03. The van der Waals surface area contributed by atoms with Crippen LogP contribution in [-0.4, -0.2) is 22.8 Å². The van der Waals surface area contributed by atoms with Gasteiger partial charge in [-0.1, -0.05) is 31.2 Å². The van der Waals surface area contributed by atoms with Gasteiger partial charge in [-0.3, -0.25) is 9.59 Å². The average Bonchev–Trinajstić information content (AvgIpc) is 2.23. The summed E-state index contributed by atoms with van der Waals surface area (Å²) in [5.41, 5.74) is 0.762. The van der Waals surface area contributed by atoms with E-state index in [1.165, 1.54) is 0 Å². The zero-order chi connectivity index (χ0) is 10.3. The first-order valence-corrected chi connectivity index (χ1v) is 4.48. The van der Waals surface area contributed by atoms with Crippen LogP contribution in [0.15, 0.2) is 24.3 Å². The van der Waals surface area contributed by atoms with Crippen LogP contribution >= 0.6 is 0 Å².